The van der Waals surface area contributed by atoms with E-state index in [0.717, 1.165) is 19.4 Å². The third-order valence-electron chi connectivity index (χ3n) is 2.92. The van der Waals surface area contributed by atoms with Gasteiger partial charge in [0.2, 0.25) is 0 Å². The van der Waals surface area contributed by atoms with E-state index in [2.05, 4.69) is 62.1 Å². The van der Waals surface area contributed by atoms with E-state index < -0.39 is 0 Å². The quantitative estimate of drug-likeness (QED) is 0.725. The average molecular weight is 232 g/mol. The van der Waals surface area contributed by atoms with Crippen LogP contribution in [0.25, 0.3) is 0 Å². The summed E-state index contributed by atoms with van der Waals surface area (Å²) in [5.74, 6) is 0. The van der Waals surface area contributed by atoms with E-state index in [0.29, 0.717) is 6.04 Å². The first kappa shape index (κ1) is 13.8. The highest BCUT2D eigenvalue weighted by Crippen LogP contribution is 2.21. The zero-order valence-electron chi connectivity index (χ0n) is 11.2. The Morgan fingerprint density at radius 2 is 1.94 bits per heavy atom. The number of hydrogen-bond acceptors (Lipinski definition) is 2. The third kappa shape index (κ3) is 4.23. The average Bonchev–Trinajstić information content (AvgIpc) is 2.34. The molecule has 1 aromatic rings. The van der Waals surface area contributed by atoms with Crippen LogP contribution in [0.4, 0.5) is 5.69 Å². The van der Waals surface area contributed by atoms with Crippen LogP contribution < -0.4 is 10.2 Å². The Labute approximate surface area is 105 Å². The summed E-state index contributed by atoms with van der Waals surface area (Å²) in [6, 6.07) is 9.22. The molecule has 0 aliphatic heterocycles. The molecular formula is C15H24N2. The van der Waals surface area contributed by atoms with Gasteiger partial charge in [-0.3, -0.25) is 0 Å². The second kappa shape index (κ2) is 7.13. The van der Waals surface area contributed by atoms with Crippen LogP contribution in [0.3, 0.4) is 0 Å². The Balaban J connectivity index is 2.75. The first-order chi connectivity index (χ1) is 8.19. The molecule has 0 bridgehead atoms. The van der Waals surface area contributed by atoms with E-state index >= 15 is 0 Å². The molecule has 0 spiro atoms. The SMILES string of the molecule is C=CCCC(NCC)c1ccc(N(C)C)cc1. The molecule has 1 rings (SSSR count). The molecule has 94 valence electrons. The minimum absolute atomic E-state index is 0.439. The van der Waals surface area contributed by atoms with Gasteiger partial charge in [0, 0.05) is 25.8 Å². The molecule has 0 amide bonds. The summed E-state index contributed by atoms with van der Waals surface area (Å²) < 4.78 is 0. The molecule has 0 saturated heterocycles. The Kier molecular flexibility index (Phi) is 5.78. The number of benzene rings is 1. The summed E-state index contributed by atoms with van der Waals surface area (Å²) >= 11 is 0. The smallest absolute Gasteiger partial charge is 0.0361 e. The summed E-state index contributed by atoms with van der Waals surface area (Å²) in [5.41, 5.74) is 2.60. The molecule has 1 aromatic carbocycles. The van der Waals surface area contributed by atoms with Gasteiger partial charge >= 0.3 is 0 Å². The molecule has 0 aromatic heterocycles. The molecular weight excluding hydrogens is 208 g/mol. The van der Waals surface area contributed by atoms with Crippen LogP contribution in [0, 0.1) is 0 Å². The highest BCUT2D eigenvalue weighted by Gasteiger charge is 2.09. The van der Waals surface area contributed by atoms with Gasteiger partial charge in [-0.1, -0.05) is 25.1 Å². The highest BCUT2D eigenvalue weighted by molar-refractivity contribution is 5.46. The first-order valence-corrected chi connectivity index (χ1v) is 6.30. The van der Waals surface area contributed by atoms with Crippen molar-refractivity contribution in [2.45, 2.75) is 25.8 Å². The molecule has 1 atom stereocenters. The number of hydrogen-bond donors (Lipinski definition) is 1. The van der Waals surface area contributed by atoms with Gasteiger partial charge in [0.25, 0.3) is 0 Å². The summed E-state index contributed by atoms with van der Waals surface area (Å²) in [4.78, 5) is 2.12. The lowest BCUT2D eigenvalue weighted by Gasteiger charge is -2.19. The van der Waals surface area contributed by atoms with Crippen molar-refractivity contribution in [1.82, 2.24) is 5.32 Å². The lowest BCUT2D eigenvalue weighted by molar-refractivity contribution is 0.520. The Morgan fingerprint density at radius 1 is 1.29 bits per heavy atom. The van der Waals surface area contributed by atoms with Crippen molar-refractivity contribution in [2.75, 3.05) is 25.5 Å². The van der Waals surface area contributed by atoms with E-state index in [1.165, 1.54) is 11.3 Å². The van der Waals surface area contributed by atoms with Gasteiger partial charge in [0.1, 0.15) is 0 Å². The van der Waals surface area contributed by atoms with E-state index in [1.54, 1.807) is 0 Å². The maximum atomic E-state index is 3.79. The first-order valence-electron chi connectivity index (χ1n) is 6.30. The Morgan fingerprint density at radius 3 is 2.41 bits per heavy atom. The van der Waals surface area contributed by atoms with Crippen molar-refractivity contribution >= 4 is 5.69 Å². The minimum Gasteiger partial charge on any atom is -0.378 e. The Hall–Kier alpha value is -1.28. The van der Waals surface area contributed by atoms with Crippen LogP contribution in [-0.4, -0.2) is 20.6 Å². The fraction of sp³-hybridized carbons (Fsp3) is 0.467. The molecule has 17 heavy (non-hydrogen) atoms. The van der Waals surface area contributed by atoms with Gasteiger partial charge in [-0.05, 0) is 37.1 Å². The summed E-state index contributed by atoms with van der Waals surface area (Å²) in [6.45, 7) is 6.93. The van der Waals surface area contributed by atoms with Crippen molar-refractivity contribution in [3.05, 3.63) is 42.5 Å². The normalized spacial score (nSPS) is 12.2. The fourth-order valence-corrected chi connectivity index (χ4v) is 1.92. The molecule has 1 N–H and O–H groups in total. The predicted octanol–water partition coefficient (Wildman–Crippen LogP) is 3.37. The lowest BCUT2D eigenvalue weighted by Crippen LogP contribution is -2.20. The molecule has 0 radical (unpaired) electrons. The van der Waals surface area contributed by atoms with Gasteiger partial charge in [-0.15, -0.1) is 6.58 Å². The topological polar surface area (TPSA) is 15.3 Å². The summed E-state index contributed by atoms with van der Waals surface area (Å²) in [5, 5.41) is 3.52. The van der Waals surface area contributed by atoms with E-state index in [9.17, 15) is 0 Å². The van der Waals surface area contributed by atoms with Crippen LogP contribution in [0.15, 0.2) is 36.9 Å². The van der Waals surface area contributed by atoms with E-state index in [-0.39, 0.29) is 0 Å². The molecule has 0 heterocycles. The van der Waals surface area contributed by atoms with E-state index in [1.807, 2.05) is 6.08 Å². The molecule has 1 unspecified atom stereocenters. The van der Waals surface area contributed by atoms with Gasteiger partial charge in [-0.2, -0.15) is 0 Å². The molecule has 2 heteroatoms. The van der Waals surface area contributed by atoms with Crippen LogP contribution in [-0.2, 0) is 0 Å². The van der Waals surface area contributed by atoms with Crippen molar-refractivity contribution in [2.24, 2.45) is 0 Å². The molecule has 0 fully saturated rings. The number of nitrogens with one attached hydrogen (secondary N) is 1. The maximum absolute atomic E-state index is 3.79. The van der Waals surface area contributed by atoms with Gasteiger partial charge in [-0.25, -0.2) is 0 Å². The maximum Gasteiger partial charge on any atom is 0.0361 e. The van der Waals surface area contributed by atoms with Crippen molar-refractivity contribution in [3.63, 3.8) is 0 Å². The van der Waals surface area contributed by atoms with Crippen LogP contribution in [0.5, 0.6) is 0 Å². The summed E-state index contributed by atoms with van der Waals surface area (Å²) in [6.07, 6.45) is 4.14. The Bertz CT molecular complexity index is 327. The molecule has 0 aliphatic rings. The van der Waals surface area contributed by atoms with Crippen LogP contribution in [0.2, 0.25) is 0 Å². The van der Waals surface area contributed by atoms with Gasteiger partial charge in [0.15, 0.2) is 0 Å². The van der Waals surface area contributed by atoms with Gasteiger partial charge in [0.05, 0.1) is 0 Å². The number of anilines is 1. The van der Waals surface area contributed by atoms with Crippen molar-refractivity contribution in [3.8, 4) is 0 Å². The number of allylic oxidation sites excluding steroid dienone is 1. The highest BCUT2D eigenvalue weighted by atomic mass is 15.1. The predicted molar refractivity (Wildman–Crippen MR) is 76.6 cm³/mol. The molecule has 0 aliphatic carbocycles. The van der Waals surface area contributed by atoms with Crippen molar-refractivity contribution in [1.29, 1.82) is 0 Å². The zero-order chi connectivity index (χ0) is 12.7. The standard InChI is InChI=1S/C15H24N2/c1-5-7-8-15(16-6-2)13-9-11-14(12-10-13)17(3)4/h5,9-12,15-16H,1,6-8H2,2-4H3. The number of rotatable bonds is 7. The lowest BCUT2D eigenvalue weighted by atomic mass is 10.0. The van der Waals surface area contributed by atoms with Gasteiger partial charge < -0.3 is 10.2 Å². The molecule has 2 nitrogen and oxygen atoms in total. The van der Waals surface area contributed by atoms with Crippen molar-refractivity contribution < 1.29 is 0 Å². The third-order valence-corrected chi connectivity index (χ3v) is 2.92. The largest absolute Gasteiger partial charge is 0.378 e. The minimum atomic E-state index is 0.439. The van der Waals surface area contributed by atoms with Crippen LogP contribution in [0.1, 0.15) is 31.4 Å². The fourth-order valence-electron chi connectivity index (χ4n) is 1.92. The second-order valence-electron chi connectivity index (χ2n) is 4.46. The second-order valence-corrected chi connectivity index (χ2v) is 4.46. The van der Waals surface area contributed by atoms with Crippen LogP contribution >= 0.6 is 0 Å². The number of nitrogens with zero attached hydrogens (tertiary/aromatic N) is 1. The zero-order valence-corrected chi connectivity index (χ0v) is 11.2. The van der Waals surface area contributed by atoms with E-state index in [4.69, 9.17) is 0 Å². The molecule has 0 saturated carbocycles. The summed E-state index contributed by atoms with van der Waals surface area (Å²) in [7, 11) is 4.13. The monoisotopic (exact) mass is 232 g/mol.